The van der Waals surface area contributed by atoms with Gasteiger partial charge in [0.15, 0.2) is 0 Å². The Morgan fingerprint density at radius 2 is 1.36 bits per heavy atom. The molecule has 0 saturated heterocycles. The number of aryl methyl sites for hydroxylation is 2. The van der Waals surface area contributed by atoms with Crippen LogP contribution in [0.25, 0.3) is 0 Å². The molecule has 1 aromatic heterocycles. The number of nitrogens with zero attached hydrogens (tertiary/aromatic N) is 2. The molecule has 0 spiro atoms. The molecule has 0 bridgehead atoms. The first kappa shape index (κ1) is 20.8. The van der Waals surface area contributed by atoms with E-state index in [-0.39, 0.29) is 4.49 Å². The summed E-state index contributed by atoms with van der Waals surface area (Å²) in [5, 5.41) is 4.35. The molecule has 1 heterocycles. The summed E-state index contributed by atoms with van der Waals surface area (Å²) in [4.78, 5) is 0. The molecule has 8 heteroatoms. The van der Waals surface area contributed by atoms with Crippen molar-refractivity contribution >= 4 is 45.8 Å². The maximum absolute atomic E-state index is 5.93. The first-order valence-corrected chi connectivity index (χ1v) is 10.1. The van der Waals surface area contributed by atoms with E-state index < -0.39 is 0 Å². The smallest absolute Gasteiger partial charge is 0.231 e. The summed E-state index contributed by atoms with van der Waals surface area (Å²) in [6, 6.07) is 14.5. The Labute approximate surface area is 186 Å². The predicted molar refractivity (Wildman–Crippen MR) is 119 cm³/mol. The molecule has 0 atom stereocenters. The summed E-state index contributed by atoms with van der Waals surface area (Å²) in [7, 11) is 1.85. The lowest BCUT2D eigenvalue weighted by molar-refractivity contribution is 0.423. The normalized spacial score (nSPS) is 10.5. The van der Waals surface area contributed by atoms with Gasteiger partial charge < -0.3 is 14.2 Å². The highest BCUT2D eigenvalue weighted by Crippen LogP contribution is 2.31. The van der Waals surface area contributed by atoms with Crippen LogP contribution in [0.15, 0.2) is 58.8 Å². The minimum absolute atomic E-state index is 0.0959. The number of aromatic nitrogens is 2. The third-order valence-electron chi connectivity index (χ3n) is 3.73. The van der Waals surface area contributed by atoms with Crippen molar-refractivity contribution in [1.82, 2.24) is 9.78 Å². The summed E-state index contributed by atoms with van der Waals surface area (Å²) >= 11 is 13.6. The highest BCUT2D eigenvalue weighted by Gasteiger charge is 2.12. The lowest BCUT2D eigenvalue weighted by Gasteiger charge is -2.10. The lowest BCUT2D eigenvalue weighted by atomic mass is 10.3. The Morgan fingerprint density at radius 1 is 0.893 bits per heavy atom. The molecule has 5 nitrogen and oxygen atoms in total. The zero-order chi connectivity index (χ0) is 20.3. The number of halogens is 3. The van der Waals surface area contributed by atoms with Gasteiger partial charge in [-0.3, -0.25) is 0 Å². The van der Waals surface area contributed by atoms with E-state index in [1.165, 1.54) is 0 Å². The topological polar surface area (TPSA) is 45.5 Å². The molecular weight excluding hydrogens is 514 g/mol. The van der Waals surface area contributed by atoms with Gasteiger partial charge >= 0.3 is 0 Å². The Hall–Kier alpha value is -1.90. The van der Waals surface area contributed by atoms with E-state index in [1.54, 1.807) is 35.9 Å². The van der Waals surface area contributed by atoms with Crippen LogP contribution in [0.1, 0.15) is 12.6 Å². The first-order valence-electron chi connectivity index (χ1n) is 8.28. The number of ether oxygens (including phenoxy) is 3. The fraction of sp³-hybridized carbons (Fsp3) is 0.150. The van der Waals surface area contributed by atoms with Gasteiger partial charge in [0.25, 0.3) is 0 Å². The van der Waals surface area contributed by atoms with Crippen molar-refractivity contribution in [2.45, 2.75) is 13.8 Å². The standard InChI is InChI=1S/C20H17Cl2IN2O3/c1-12-18(23)20(25(3)24-12)28-17-10-8-16(9-11-17)27-15-6-4-14(5-7-15)26-13(2)19(21)22/h4-11H,1-3H3. The third kappa shape index (κ3) is 5.12. The zero-order valence-corrected chi connectivity index (χ0v) is 19.0. The number of benzene rings is 2. The van der Waals surface area contributed by atoms with Gasteiger partial charge in [0.05, 0.1) is 9.26 Å². The van der Waals surface area contributed by atoms with Gasteiger partial charge in [0.1, 0.15) is 33.2 Å². The molecule has 2 aromatic carbocycles. The van der Waals surface area contributed by atoms with Gasteiger partial charge in [-0.25, -0.2) is 4.68 Å². The minimum atomic E-state index is 0.0959. The molecular formula is C20H17Cl2IN2O3. The summed E-state index contributed by atoms with van der Waals surface area (Å²) in [6.07, 6.45) is 0. The average Bonchev–Trinajstić information content (AvgIpc) is 2.91. The number of rotatable bonds is 6. The number of hydrogen-bond acceptors (Lipinski definition) is 4. The second kappa shape index (κ2) is 9.07. The molecule has 3 aromatic rings. The Balaban J connectivity index is 1.65. The van der Waals surface area contributed by atoms with Gasteiger partial charge in [0.2, 0.25) is 5.88 Å². The van der Waals surface area contributed by atoms with E-state index in [0.717, 1.165) is 9.26 Å². The Morgan fingerprint density at radius 3 is 1.79 bits per heavy atom. The molecule has 0 fully saturated rings. The molecule has 0 amide bonds. The predicted octanol–water partition coefficient (Wildman–Crippen LogP) is 6.96. The van der Waals surface area contributed by atoms with Crippen LogP contribution >= 0.6 is 45.8 Å². The van der Waals surface area contributed by atoms with Crippen LogP contribution in [0.4, 0.5) is 0 Å². The van der Waals surface area contributed by atoms with Crippen LogP contribution in [-0.2, 0) is 7.05 Å². The number of hydrogen-bond donors (Lipinski definition) is 0. The molecule has 0 saturated carbocycles. The quantitative estimate of drug-likeness (QED) is 0.255. The van der Waals surface area contributed by atoms with Crippen molar-refractivity contribution in [2.75, 3.05) is 0 Å². The molecule has 0 aliphatic heterocycles. The van der Waals surface area contributed by atoms with Crippen LogP contribution in [0.2, 0.25) is 0 Å². The van der Waals surface area contributed by atoms with Gasteiger partial charge in [-0.1, -0.05) is 23.2 Å². The second-order valence-electron chi connectivity index (χ2n) is 5.89. The SMILES string of the molecule is CC(Oc1ccc(Oc2ccc(Oc3c(I)c(C)nn3C)cc2)cc1)=C(Cl)Cl. The van der Waals surface area contributed by atoms with Crippen molar-refractivity contribution in [3.8, 4) is 28.9 Å². The van der Waals surface area contributed by atoms with E-state index >= 15 is 0 Å². The van der Waals surface area contributed by atoms with E-state index in [1.807, 2.05) is 38.2 Å². The van der Waals surface area contributed by atoms with Crippen LogP contribution in [0.3, 0.4) is 0 Å². The summed E-state index contributed by atoms with van der Waals surface area (Å²) in [5.74, 6) is 3.84. The molecule has 3 rings (SSSR count). The average molecular weight is 531 g/mol. The zero-order valence-electron chi connectivity index (χ0n) is 15.4. The lowest BCUT2D eigenvalue weighted by Crippen LogP contribution is -1.96. The Kier molecular flexibility index (Phi) is 6.74. The van der Waals surface area contributed by atoms with Crippen LogP contribution in [-0.4, -0.2) is 9.78 Å². The molecule has 0 aliphatic rings. The molecule has 0 radical (unpaired) electrons. The molecule has 0 unspecified atom stereocenters. The largest absolute Gasteiger partial charge is 0.460 e. The molecule has 28 heavy (non-hydrogen) atoms. The fourth-order valence-corrected chi connectivity index (χ4v) is 2.98. The van der Waals surface area contributed by atoms with E-state index in [0.29, 0.717) is 34.6 Å². The monoisotopic (exact) mass is 530 g/mol. The number of allylic oxidation sites excluding steroid dienone is 1. The van der Waals surface area contributed by atoms with Crippen molar-refractivity contribution in [3.63, 3.8) is 0 Å². The van der Waals surface area contributed by atoms with Crippen molar-refractivity contribution < 1.29 is 14.2 Å². The van der Waals surface area contributed by atoms with Gasteiger partial charge in [0, 0.05) is 7.05 Å². The van der Waals surface area contributed by atoms with Gasteiger partial charge in [-0.2, -0.15) is 5.10 Å². The van der Waals surface area contributed by atoms with Gasteiger partial charge in [-0.15, -0.1) is 0 Å². The fourth-order valence-electron chi connectivity index (χ4n) is 2.34. The molecule has 0 aliphatic carbocycles. The van der Waals surface area contributed by atoms with Crippen LogP contribution in [0, 0.1) is 10.5 Å². The van der Waals surface area contributed by atoms with E-state index in [9.17, 15) is 0 Å². The van der Waals surface area contributed by atoms with Crippen LogP contribution < -0.4 is 14.2 Å². The highest BCUT2D eigenvalue weighted by molar-refractivity contribution is 14.1. The third-order valence-corrected chi connectivity index (χ3v) is 5.51. The maximum atomic E-state index is 5.93. The van der Waals surface area contributed by atoms with Crippen LogP contribution in [0.5, 0.6) is 28.9 Å². The minimum Gasteiger partial charge on any atom is -0.460 e. The van der Waals surface area contributed by atoms with E-state index in [4.69, 9.17) is 37.4 Å². The summed E-state index contributed by atoms with van der Waals surface area (Å²) < 4.78 is 20.1. The first-order chi connectivity index (χ1) is 13.3. The highest BCUT2D eigenvalue weighted by atomic mass is 127. The summed E-state index contributed by atoms with van der Waals surface area (Å²) in [5.41, 5.74) is 0.935. The second-order valence-corrected chi connectivity index (χ2v) is 7.92. The Bertz CT molecular complexity index is 996. The maximum Gasteiger partial charge on any atom is 0.231 e. The van der Waals surface area contributed by atoms with Crippen molar-refractivity contribution in [1.29, 1.82) is 0 Å². The summed E-state index contributed by atoms with van der Waals surface area (Å²) in [6.45, 7) is 3.64. The van der Waals surface area contributed by atoms with E-state index in [2.05, 4.69) is 27.7 Å². The van der Waals surface area contributed by atoms with Crippen molar-refractivity contribution in [3.05, 3.63) is 68.0 Å². The van der Waals surface area contributed by atoms with Crippen molar-refractivity contribution in [2.24, 2.45) is 7.05 Å². The molecule has 146 valence electrons. The molecule has 0 N–H and O–H groups in total. The van der Waals surface area contributed by atoms with Gasteiger partial charge in [-0.05, 0) is 85.0 Å².